The van der Waals surface area contributed by atoms with Crippen LogP contribution in [0, 0.1) is 17.1 Å². The standard InChI is InChI=1S/C18H18FN5O3/c1-22-16(25)8-15(23-6-2-3-13(21)10-23)24(18(22)27)17(26)14-7-12(19)5-4-11(14)9-20/h4-5,7-8,13H,2-3,6,10,21H2,1H3/t13-/m1/s1. The molecule has 1 fully saturated rings. The first kappa shape index (κ1) is 18.5. The number of anilines is 1. The van der Waals surface area contributed by atoms with E-state index < -0.39 is 23.0 Å². The SMILES string of the molecule is Cn1c(=O)cc(N2CCC[C@@H](N)C2)n(C(=O)c2cc(F)ccc2C#N)c1=O. The zero-order valence-corrected chi connectivity index (χ0v) is 14.7. The number of nitriles is 1. The third kappa shape index (κ3) is 3.39. The van der Waals surface area contributed by atoms with E-state index in [1.54, 1.807) is 4.90 Å². The van der Waals surface area contributed by atoms with E-state index in [0.29, 0.717) is 13.1 Å². The van der Waals surface area contributed by atoms with Crippen LogP contribution in [-0.4, -0.2) is 34.2 Å². The van der Waals surface area contributed by atoms with E-state index in [1.165, 1.54) is 19.2 Å². The second-order valence-corrected chi connectivity index (χ2v) is 6.47. The summed E-state index contributed by atoms with van der Waals surface area (Å²) in [5.41, 5.74) is 4.23. The van der Waals surface area contributed by atoms with Gasteiger partial charge in [0.2, 0.25) is 0 Å². The molecule has 0 saturated carbocycles. The van der Waals surface area contributed by atoms with Crippen molar-refractivity contribution in [3.05, 3.63) is 62.0 Å². The molecule has 0 spiro atoms. The van der Waals surface area contributed by atoms with Gasteiger partial charge in [0.15, 0.2) is 0 Å². The van der Waals surface area contributed by atoms with E-state index >= 15 is 0 Å². The van der Waals surface area contributed by atoms with Crippen LogP contribution in [0.15, 0.2) is 33.9 Å². The van der Waals surface area contributed by atoms with Gasteiger partial charge in [0.1, 0.15) is 11.6 Å². The Kier molecular flexibility index (Phi) is 4.92. The zero-order chi connectivity index (χ0) is 19.7. The number of hydrogen-bond donors (Lipinski definition) is 1. The van der Waals surface area contributed by atoms with Gasteiger partial charge in [-0.3, -0.25) is 14.2 Å². The van der Waals surface area contributed by atoms with Crippen molar-refractivity contribution in [1.29, 1.82) is 5.26 Å². The lowest BCUT2D eigenvalue weighted by molar-refractivity contribution is 0.0953. The van der Waals surface area contributed by atoms with Crippen molar-refractivity contribution in [3.63, 3.8) is 0 Å². The molecule has 0 bridgehead atoms. The highest BCUT2D eigenvalue weighted by Crippen LogP contribution is 2.19. The summed E-state index contributed by atoms with van der Waals surface area (Å²) in [6.07, 6.45) is 1.53. The maximum Gasteiger partial charge on any atom is 0.339 e. The molecular formula is C18H18FN5O3. The average molecular weight is 371 g/mol. The molecule has 1 saturated heterocycles. The van der Waals surface area contributed by atoms with Gasteiger partial charge in [-0.25, -0.2) is 13.8 Å². The van der Waals surface area contributed by atoms with Crippen molar-refractivity contribution in [2.75, 3.05) is 18.0 Å². The molecule has 1 aromatic carbocycles. The maximum absolute atomic E-state index is 13.7. The fraction of sp³-hybridized carbons (Fsp3) is 0.333. The molecule has 1 aromatic heterocycles. The molecule has 1 atom stereocenters. The van der Waals surface area contributed by atoms with Crippen LogP contribution in [0.1, 0.15) is 28.8 Å². The third-order valence-corrected chi connectivity index (χ3v) is 4.61. The summed E-state index contributed by atoms with van der Waals surface area (Å²) >= 11 is 0. The second-order valence-electron chi connectivity index (χ2n) is 6.47. The molecule has 1 aliphatic rings. The highest BCUT2D eigenvalue weighted by molar-refractivity contribution is 5.99. The smallest absolute Gasteiger partial charge is 0.339 e. The van der Waals surface area contributed by atoms with Gasteiger partial charge in [0.25, 0.3) is 11.5 Å². The van der Waals surface area contributed by atoms with Gasteiger partial charge in [-0.05, 0) is 31.0 Å². The minimum absolute atomic E-state index is 0.0663. The van der Waals surface area contributed by atoms with Crippen molar-refractivity contribution in [3.8, 4) is 6.07 Å². The Labute approximate surface area is 153 Å². The summed E-state index contributed by atoms with van der Waals surface area (Å²) in [6.45, 7) is 0.885. The quantitative estimate of drug-likeness (QED) is 0.805. The lowest BCUT2D eigenvalue weighted by atomic mass is 10.1. The van der Waals surface area contributed by atoms with E-state index in [2.05, 4.69) is 0 Å². The maximum atomic E-state index is 13.7. The summed E-state index contributed by atoms with van der Waals surface area (Å²) in [7, 11) is 1.25. The van der Waals surface area contributed by atoms with Crippen LogP contribution in [0.2, 0.25) is 0 Å². The van der Waals surface area contributed by atoms with E-state index in [0.717, 1.165) is 34.1 Å². The number of carbonyl (C=O) groups excluding carboxylic acids is 1. The van der Waals surface area contributed by atoms with E-state index in [4.69, 9.17) is 5.73 Å². The van der Waals surface area contributed by atoms with Gasteiger partial charge in [-0.2, -0.15) is 5.26 Å². The molecule has 140 valence electrons. The number of halogens is 1. The van der Waals surface area contributed by atoms with Crippen molar-refractivity contribution < 1.29 is 9.18 Å². The van der Waals surface area contributed by atoms with Crippen LogP contribution in [0.3, 0.4) is 0 Å². The Balaban J connectivity index is 2.23. The summed E-state index contributed by atoms with van der Waals surface area (Å²) in [5, 5.41) is 9.23. The van der Waals surface area contributed by atoms with Gasteiger partial charge in [-0.1, -0.05) is 0 Å². The van der Waals surface area contributed by atoms with Gasteiger partial charge < -0.3 is 10.6 Å². The fourth-order valence-corrected chi connectivity index (χ4v) is 3.17. The summed E-state index contributed by atoms with van der Waals surface area (Å²) in [5.74, 6) is -1.49. The summed E-state index contributed by atoms with van der Waals surface area (Å²) in [6, 6.07) is 5.98. The lowest BCUT2D eigenvalue weighted by Crippen LogP contribution is -2.48. The number of nitrogens with zero attached hydrogens (tertiary/aromatic N) is 4. The minimum Gasteiger partial charge on any atom is -0.356 e. The molecule has 27 heavy (non-hydrogen) atoms. The molecule has 0 amide bonds. The van der Waals surface area contributed by atoms with Crippen molar-refractivity contribution in [1.82, 2.24) is 9.13 Å². The van der Waals surface area contributed by atoms with Gasteiger partial charge in [-0.15, -0.1) is 0 Å². The number of carbonyl (C=O) groups is 1. The first-order valence-electron chi connectivity index (χ1n) is 8.41. The van der Waals surface area contributed by atoms with Crippen LogP contribution in [0.4, 0.5) is 10.2 Å². The second kappa shape index (κ2) is 7.17. The monoisotopic (exact) mass is 371 g/mol. The van der Waals surface area contributed by atoms with Crippen LogP contribution in [-0.2, 0) is 7.05 Å². The molecule has 0 radical (unpaired) electrons. The van der Waals surface area contributed by atoms with Crippen LogP contribution < -0.4 is 21.9 Å². The van der Waals surface area contributed by atoms with Crippen LogP contribution in [0.5, 0.6) is 0 Å². The van der Waals surface area contributed by atoms with Crippen molar-refractivity contribution in [2.24, 2.45) is 12.8 Å². The van der Waals surface area contributed by atoms with Crippen LogP contribution >= 0.6 is 0 Å². The van der Waals surface area contributed by atoms with Gasteiger partial charge >= 0.3 is 5.69 Å². The molecule has 0 unspecified atom stereocenters. The third-order valence-electron chi connectivity index (χ3n) is 4.61. The lowest BCUT2D eigenvalue weighted by Gasteiger charge is -2.33. The molecular weight excluding hydrogens is 353 g/mol. The average Bonchev–Trinajstić information content (AvgIpc) is 2.65. The fourth-order valence-electron chi connectivity index (χ4n) is 3.17. The Hall–Kier alpha value is -3.25. The van der Waals surface area contributed by atoms with E-state index in [-0.39, 0.29) is 23.0 Å². The van der Waals surface area contributed by atoms with Crippen molar-refractivity contribution in [2.45, 2.75) is 18.9 Å². The number of rotatable bonds is 2. The van der Waals surface area contributed by atoms with Crippen LogP contribution in [0.25, 0.3) is 0 Å². The number of hydrogen-bond acceptors (Lipinski definition) is 6. The highest BCUT2D eigenvalue weighted by atomic mass is 19.1. The van der Waals surface area contributed by atoms with Gasteiger partial charge in [0.05, 0.1) is 17.2 Å². The predicted octanol–water partition coefficient (Wildman–Crippen LogP) is 0.174. The number of benzene rings is 1. The summed E-state index contributed by atoms with van der Waals surface area (Å²) < 4.78 is 15.3. The number of piperidine rings is 1. The largest absolute Gasteiger partial charge is 0.356 e. The Morgan fingerprint density at radius 3 is 2.74 bits per heavy atom. The van der Waals surface area contributed by atoms with Gasteiger partial charge in [0, 0.05) is 32.2 Å². The predicted molar refractivity (Wildman–Crippen MR) is 96.2 cm³/mol. The normalized spacial score (nSPS) is 16.8. The Bertz CT molecular complexity index is 1070. The highest BCUT2D eigenvalue weighted by Gasteiger charge is 2.26. The molecule has 8 nitrogen and oxygen atoms in total. The molecule has 2 heterocycles. The topological polar surface area (TPSA) is 114 Å². The minimum atomic E-state index is -0.874. The van der Waals surface area contributed by atoms with Crippen molar-refractivity contribution >= 4 is 11.7 Å². The number of aromatic nitrogens is 2. The summed E-state index contributed by atoms with van der Waals surface area (Å²) in [4.78, 5) is 39.6. The molecule has 3 rings (SSSR count). The molecule has 2 N–H and O–H groups in total. The molecule has 2 aromatic rings. The van der Waals surface area contributed by atoms with E-state index in [1.807, 2.05) is 6.07 Å². The first-order chi connectivity index (χ1) is 12.8. The first-order valence-corrected chi connectivity index (χ1v) is 8.41. The Morgan fingerprint density at radius 1 is 1.33 bits per heavy atom. The molecule has 0 aliphatic carbocycles. The van der Waals surface area contributed by atoms with E-state index in [9.17, 15) is 24.0 Å². The number of nitrogens with two attached hydrogens (primary N) is 1. The Morgan fingerprint density at radius 2 is 2.07 bits per heavy atom. The zero-order valence-electron chi connectivity index (χ0n) is 14.7. The molecule has 1 aliphatic heterocycles. The molecule has 9 heteroatoms.